The Hall–Kier alpha value is -3.21. The molecule has 3 aliphatic heterocycles. The van der Waals surface area contributed by atoms with Gasteiger partial charge in [-0.3, -0.25) is 23.7 Å². The topological polar surface area (TPSA) is 88.9 Å². The van der Waals surface area contributed by atoms with E-state index in [1.165, 1.54) is 21.2 Å². The zero-order valence-corrected chi connectivity index (χ0v) is 21.8. The van der Waals surface area contributed by atoms with Gasteiger partial charge < -0.3 is 9.64 Å². The van der Waals surface area contributed by atoms with E-state index in [0.29, 0.717) is 37.0 Å². The van der Waals surface area contributed by atoms with Crippen LogP contribution in [0, 0.1) is 12.8 Å². The van der Waals surface area contributed by atoms with Crippen molar-refractivity contribution in [1.29, 1.82) is 0 Å². The van der Waals surface area contributed by atoms with Crippen LogP contribution in [0.3, 0.4) is 0 Å². The van der Waals surface area contributed by atoms with E-state index in [9.17, 15) is 19.2 Å². The van der Waals surface area contributed by atoms with Gasteiger partial charge in [0.15, 0.2) is 0 Å². The van der Waals surface area contributed by atoms with Gasteiger partial charge in [0.1, 0.15) is 11.8 Å². The zero-order valence-electron chi connectivity index (χ0n) is 20.2. The number of aromatic nitrogens is 1. The molecule has 2 fully saturated rings. The fourth-order valence-electron chi connectivity index (χ4n) is 5.27. The van der Waals surface area contributed by atoms with Crippen molar-refractivity contribution in [2.45, 2.75) is 29.7 Å². The molecule has 0 N–H and O–H groups in total. The second-order valence-corrected chi connectivity index (χ2v) is 11.5. The fraction of sp³-hybridized carbons (Fsp3) is 0.333. The number of amides is 3. The minimum atomic E-state index is -0.690. The van der Waals surface area contributed by atoms with Gasteiger partial charge in [0.25, 0.3) is 0 Å². The molecule has 0 bridgehead atoms. The van der Waals surface area contributed by atoms with Crippen LogP contribution in [0.1, 0.15) is 21.9 Å². The normalized spacial score (nSPS) is 23.2. The third-order valence-corrected chi connectivity index (χ3v) is 9.76. The molecule has 6 rings (SSSR count). The second-order valence-electron chi connectivity index (χ2n) is 9.42. The summed E-state index contributed by atoms with van der Waals surface area (Å²) in [5, 5.41) is -0.0798. The Bertz CT molecular complexity index is 1430. The predicted molar refractivity (Wildman–Crippen MR) is 141 cm³/mol. The van der Waals surface area contributed by atoms with Crippen LogP contribution in [0.5, 0.6) is 0 Å². The summed E-state index contributed by atoms with van der Waals surface area (Å²) in [6.45, 7) is 3.78. The molecule has 3 aliphatic rings. The molecule has 3 atom stereocenters. The van der Waals surface area contributed by atoms with Crippen molar-refractivity contribution in [1.82, 2.24) is 9.47 Å². The molecule has 2 saturated heterocycles. The number of morpholine rings is 1. The summed E-state index contributed by atoms with van der Waals surface area (Å²) >= 11 is 2.31. The Labute approximate surface area is 221 Å². The number of thioether (sulfide) groups is 1. The number of hydrogen-bond donors (Lipinski definition) is 0. The number of nitrogens with zero attached hydrogens (tertiary/aromatic N) is 3. The van der Waals surface area contributed by atoms with Crippen LogP contribution in [0.25, 0.3) is 0 Å². The highest BCUT2D eigenvalue weighted by Gasteiger charge is 2.56. The number of aryl methyl sites for hydroxylation is 1. The number of carbonyl (C=O) groups is 3. The average molecular weight is 536 g/mol. The standard InChI is InChI=1S/C27H25N3O5S2/c1-16-7-9-18(10-8-16)30-24(32)21-20(17-5-3-2-4-6-17)23-26(36-22(21)25(30)33)29(27(34)37-23)15-19(31)28-11-13-35-14-12-28/h2-10,20-22H,11-15H2,1H3/t20-,21+,22-/m0/s1. The van der Waals surface area contributed by atoms with Crippen LogP contribution in [0.15, 0.2) is 64.4 Å². The monoisotopic (exact) mass is 535 g/mol. The first-order chi connectivity index (χ1) is 17.9. The quantitative estimate of drug-likeness (QED) is 0.478. The Morgan fingerprint density at radius 3 is 2.38 bits per heavy atom. The highest BCUT2D eigenvalue weighted by Crippen LogP contribution is 2.53. The fourth-order valence-corrected chi connectivity index (χ4v) is 8.04. The first kappa shape index (κ1) is 24.1. The van der Waals surface area contributed by atoms with E-state index in [-0.39, 0.29) is 29.1 Å². The van der Waals surface area contributed by atoms with Crippen LogP contribution in [0.2, 0.25) is 0 Å². The summed E-state index contributed by atoms with van der Waals surface area (Å²) in [6.07, 6.45) is 0. The molecular weight excluding hydrogens is 510 g/mol. The lowest BCUT2D eigenvalue weighted by Crippen LogP contribution is -2.43. The van der Waals surface area contributed by atoms with Crippen molar-refractivity contribution in [2.75, 3.05) is 31.2 Å². The molecule has 0 unspecified atom stereocenters. The molecule has 1 aromatic heterocycles. The molecule has 0 radical (unpaired) electrons. The molecule has 3 amide bonds. The number of fused-ring (bicyclic) bond motifs is 2. The van der Waals surface area contributed by atoms with E-state index in [4.69, 9.17) is 4.74 Å². The van der Waals surface area contributed by atoms with Gasteiger partial charge in [-0.05, 0) is 24.6 Å². The SMILES string of the molecule is Cc1ccc(N2C(=O)[C@@H]3[C@H](c4ccccc4)c4sc(=O)n(CC(=O)N5CCOCC5)c4S[C@@H]3C2=O)cc1. The Balaban J connectivity index is 1.42. The van der Waals surface area contributed by atoms with Crippen LogP contribution in [-0.4, -0.2) is 58.7 Å². The van der Waals surface area contributed by atoms with E-state index in [0.717, 1.165) is 27.3 Å². The van der Waals surface area contributed by atoms with Gasteiger partial charge in [-0.1, -0.05) is 71.1 Å². The highest BCUT2D eigenvalue weighted by molar-refractivity contribution is 8.00. The summed E-state index contributed by atoms with van der Waals surface area (Å²) in [5.41, 5.74) is 2.46. The number of ether oxygens (including phenoxy) is 1. The van der Waals surface area contributed by atoms with E-state index >= 15 is 0 Å². The maximum atomic E-state index is 13.8. The van der Waals surface area contributed by atoms with E-state index in [1.54, 1.807) is 17.0 Å². The molecule has 8 nitrogen and oxygen atoms in total. The third kappa shape index (κ3) is 4.13. The summed E-state index contributed by atoms with van der Waals surface area (Å²) in [7, 11) is 0. The second kappa shape index (κ2) is 9.59. The van der Waals surface area contributed by atoms with Crippen molar-refractivity contribution < 1.29 is 19.1 Å². The Kier molecular flexibility index (Phi) is 6.26. The van der Waals surface area contributed by atoms with E-state index in [1.807, 2.05) is 49.4 Å². The number of rotatable bonds is 4. The number of hydrogen-bond acceptors (Lipinski definition) is 7. The summed E-state index contributed by atoms with van der Waals surface area (Å²) in [6, 6.07) is 16.9. The van der Waals surface area contributed by atoms with Crippen molar-refractivity contribution in [3.63, 3.8) is 0 Å². The minimum Gasteiger partial charge on any atom is -0.378 e. The number of imide groups is 1. The van der Waals surface area contributed by atoms with Crippen molar-refractivity contribution in [2.24, 2.45) is 5.92 Å². The molecule has 2 aromatic carbocycles. The molecule has 0 aliphatic carbocycles. The van der Waals surface area contributed by atoms with Gasteiger partial charge >= 0.3 is 4.87 Å². The van der Waals surface area contributed by atoms with Crippen molar-refractivity contribution in [3.05, 3.63) is 80.3 Å². The summed E-state index contributed by atoms with van der Waals surface area (Å²) in [4.78, 5) is 57.3. The van der Waals surface area contributed by atoms with Crippen molar-refractivity contribution >= 4 is 46.5 Å². The lowest BCUT2D eigenvalue weighted by molar-refractivity contribution is -0.136. The molecule has 10 heteroatoms. The molecule has 4 heterocycles. The lowest BCUT2D eigenvalue weighted by atomic mass is 9.83. The van der Waals surface area contributed by atoms with Crippen LogP contribution in [-0.2, 0) is 25.7 Å². The Morgan fingerprint density at radius 2 is 1.68 bits per heavy atom. The molecule has 37 heavy (non-hydrogen) atoms. The predicted octanol–water partition coefficient (Wildman–Crippen LogP) is 2.87. The number of anilines is 1. The summed E-state index contributed by atoms with van der Waals surface area (Å²) < 4.78 is 6.83. The largest absolute Gasteiger partial charge is 0.378 e. The van der Waals surface area contributed by atoms with Gasteiger partial charge in [0, 0.05) is 23.9 Å². The van der Waals surface area contributed by atoms with Gasteiger partial charge in [-0.2, -0.15) is 0 Å². The number of thiazole rings is 1. The van der Waals surface area contributed by atoms with Gasteiger partial charge in [0.05, 0.1) is 29.8 Å². The average Bonchev–Trinajstić information content (AvgIpc) is 3.36. The molecule has 0 saturated carbocycles. The van der Waals surface area contributed by atoms with Crippen LogP contribution in [0.4, 0.5) is 5.69 Å². The smallest absolute Gasteiger partial charge is 0.308 e. The minimum absolute atomic E-state index is 0.0968. The number of carbonyl (C=O) groups excluding carboxylic acids is 3. The molecular formula is C27H25N3O5S2. The molecule has 3 aromatic rings. The Morgan fingerprint density at radius 1 is 0.973 bits per heavy atom. The molecule has 190 valence electrons. The van der Waals surface area contributed by atoms with Gasteiger partial charge in [-0.15, -0.1) is 0 Å². The lowest BCUT2D eigenvalue weighted by Gasteiger charge is -2.31. The molecule has 0 spiro atoms. The number of benzene rings is 2. The van der Waals surface area contributed by atoms with Crippen molar-refractivity contribution in [3.8, 4) is 0 Å². The van der Waals surface area contributed by atoms with Gasteiger partial charge in [0.2, 0.25) is 17.7 Å². The first-order valence-electron chi connectivity index (χ1n) is 12.2. The third-order valence-electron chi connectivity index (χ3n) is 7.16. The van der Waals surface area contributed by atoms with E-state index < -0.39 is 17.1 Å². The van der Waals surface area contributed by atoms with E-state index in [2.05, 4.69) is 0 Å². The highest BCUT2D eigenvalue weighted by atomic mass is 32.2. The maximum absolute atomic E-state index is 13.8. The maximum Gasteiger partial charge on any atom is 0.308 e. The van der Waals surface area contributed by atoms with Crippen LogP contribution < -0.4 is 9.77 Å². The zero-order chi connectivity index (χ0) is 25.7. The van der Waals surface area contributed by atoms with Crippen LogP contribution >= 0.6 is 23.1 Å². The first-order valence-corrected chi connectivity index (χ1v) is 13.9. The van der Waals surface area contributed by atoms with Gasteiger partial charge in [-0.25, -0.2) is 4.90 Å². The summed E-state index contributed by atoms with van der Waals surface area (Å²) in [5.74, 6) is -1.80.